The number of piperazine rings is 1. The van der Waals surface area contributed by atoms with Gasteiger partial charge in [-0.15, -0.1) is 0 Å². The number of amides is 2. The van der Waals surface area contributed by atoms with E-state index in [1.54, 1.807) is 30.9 Å². The van der Waals surface area contributed by atoms with E-state index < -0.39 is 16.1 Å². The standard InChI is InChI=1S/C23H27N3O6S/c1-15-5-4-6-18(11-15)31-14-22(27)25-7-9-26(10-8-25)33(29,30)21-13-20-19(12-16(21)2)24-23(28)17(3)32-20/h4-6,11-13,17H,7-10,14H2,1-3H3,(H,24,28)/t17-/m0/s1. The Morgan fingerprint density at radius 3 is 2.58 bits per heavy atom. The second-order valence-corrected chi connectivity index (χ2v) is 10.2. The Bertz CT molecular complexity index is 1190. The van der Waals surface area contributed by atoms with E-state index in [2.05, 4.69) is 5.32 Å². The summed E-state index contributed by atoms with van der Waals surface area (Å²) in [5.74, 6) is 0.495. The number of anilines is 1. The molecule has 2 heterocycles. The molecule has 1 fully saturated rings. The number of hydrogen-bond acceptors (Lipinski definition) is 6. The number of carbonyl (C=O) groups excluding carboxylic acids is 2. The monoisotopic (exact) mass is 473 g/mol. The van der Waals surface area contributed by atoms with Gasteiger partial charge in [0, 0.05) is 32.2 Å². The number of hydrogen-bond donors (Lipinski definition) is 1. The molecule has 0 saturated carbocycles. The van der Waals surface area contributed by atoms with Gasteiger partial charge in [0.15, 0.2) is 12.7 Å². The van der Waals surface area contributed by atoms with Crippen molar-refractivity contribution in [3.05, 3.63) is 47.5 Å². The largest absolute Gasteiger partial charge is 0.484 e. The van der Waals surface area contributed by atoms with Crippen LogP contribution in [-0.4, -0.2) is 68.3 Å². The third-order valence-corrected chi connectivity index (χ3v) is 7.81. The van der Waals surface area contributed by atoms with E-state index in [1.165, 1.54) is 10.4 Å². The Kier molecular flexibility index (Phi) is 6.31. The number of ether oxygens (including phenoxy) is 2. The zero-order valence-electron chi connectivity index (χ0n) is 18.8. The highest BCUT2D eigenvalue weighted by Crippen LogP contribution is 2.35. The first-order valence-corrected chi connectivity index (χ1v) is 12.2. The third kappa shape index (κ3) is 4.81. The highest BCUT2D eigenvalue weighted by Gasteiger charge is 2.33. The van der Waals surface area contributed by atoms with Crippen LogP contribution >= 0.6 is 0 Å². The first-order valence-electron chi connectivity index (χ1n) is 10.7. The Morgan fingerprint density at radius 2 is 1.88 bits per heavy atom. The SMILES string of the molecule is Cc1cccc(OCC(=O)N2CCN(S(=O)(=O)c3cc4c(cc3C)NC(=O)[C@H](C)O4)CC2)c1. The molecule has 2 amide bonds. The maximum Gasteiger partial charge on any atom is 0.265 e. The Morgan fingerprint density at radius 1 is 1.15 bits per heavy atom. The fourth-order valence-electron chi connectivity index (χ4n) is 3.88. The molecule has 1 atom stereocenters. The van der Waals surface area contributed by atoms with Crippen LogP contribution in [0.2, 0.25) is 0 Å². The van der Waals surface area contributed by atoms with Crippen LogP contribution in [0.15, 0.2) is 41.3 Å². The van der Waals surface area contributed by atoms with Gasteiger partial charge in [-0.05, 0) is 50.1 Å². The molecule has 1 saturated heterocycles. The molecular formula is C23H27N3O6S. The average molecular weight is 474 g/mol. The van der Waals surface area contributed by atoms with Crippen molar-refractivity contribution in [2.45, 2.75) is 31.8 Å². The molecule has 33 heavy (non-hydrogen) atoms. The van der Waals surface area contributed by atoms with E-state index >= 15 is 0 Å². The highest BCUT2D eigenvalue weighted by molar-refractivity contribution is 7.89. The van der Waals surface area contributed by atoms with Crippen molar-refractivity contribution in [2.24, 2.45) is 0 Å². The van der Waals surface area contributed by atoms with Gasteiger partial charge in [-0.1, -0.05) is 12.1 Å². The fourth-order valence-corrected chi connectivity index (χ4v) is 5.52. The maximum atomic E-state index is 13.3. The smallest absolute Gasteiger partial charge is 0.265 e. The van der Waals surface area contributed by atoms with Crippen molar-refractivity contribution in [2.75, 3.05) is 38.1 Å². The lowest BCUT2D eigenvalue weighted by molar-refractivity contribution is -0.134. The lowest BCUT2D eigenvalue weighted by atomic mass is 10.1. The van der Waals surface area contributed by atoms with Crippen molar-refractivity contribution < 1.29 is 27.5 Å². The fraction of sp³-hybridized carbons (Fsp3) is 0.391. The molecule has 0 aromatic heterocycles. The van der Waals surface area contributed by atoms with Gasteiger partial charge in [-0.2, -0.15) is 4.31 Å². The topological polar surface area (TPSA) is 105 Å². The van der Waals surface area contributed by atoms with Crippen LogP contribution in [0.1, 0.15) is 18.1 Å². The normalized spacial score (nSPS) is 18.8. The van der Waals surface area contributed by atoms with E-state index in [0.717, 1.165) is 5.56 Å². The number of carbonyl (C=O) groups is 2. The summed E-state index contributed by atoms with van der Waals surface area (Å²) in [7, 11) is -3.79. The van der Waals surface area contributed by atoms with E-state index in [0.29, 0.717) is 22.7 Å². The minimum Gasteiger partial charge on any atom is -0.484 e. The van der Waals surface area contributed by atoms with Crippen LogP contribution in [0, 0.1) is 13.8 Å². The van der Waals surface area contributed by atoms with Gasteiger partial charge in [-0.3, -0.25) is 9.59 Å². The molecule has 176 valence electrons. The highest BCUT2D eigenvalue weighted by atomic mass is 32.2. The number of aryl methyl sites for hydroxylation is 2. The molecule has 2 aliphatic rings. The molecular weight excluding hydrogens is 446 g/mol. The van der Waals surface area contributed by atoms with Crippen molar-refractivity contribution in [1.82, 2.24) is 9.21 Å². The zero-order valence-corrected chi connectivity index (χ0v) is 19.6. The minimum absolute atomic E-state index is 0.0959. The summed E-state index contributed by atoms with van der Waals surface area (Å²) >= 11 is 0. The number of benzene rings is 2. The second kappa shape index (κ2) is 9.03. The zero-order chi connectivity index (χ0) is 23.8. The summed E-state index contributed by atoms with van der Waals surface area (Å²) in [6.07, 6.45) is -0.702. The Labute approximate surface area is 193 Å². The van der Waals surface area contributed by atoms with Gasteiger partial charge in [0.2, 0.25) is 10.0 Å². The number of nitrogens with one attached hydrogen (secondary N) is 1. The predicted octanol–water partition coefficient (Wildman–Crippen LogP) is 1.93. The molecule has 9 nitrogen and oxygen atoms in total. The van der Waals surface area contributed by atoms with Gasteiger partial charge in [0.05, 0.1) is 10.6 Å². The van der Waals surface area contributed by atoms with Gasteiger partial charge < -0.3 is 19.7 Å². The first-order chi connectivity index (χ1) is 15.6. The van der Waals surface area contributed by atoms with Gasteiger partial charge in [0.25, 0.3) is 11.8 Å². The van der Waals surface area contributed by atoms with Crippen LogP contribution in [0.25, 0.3) is 0 Å². The van der Waals surface area contributed by atoms with Crippen molar-refractivity contribution in [3.8, 4) is 11.5 Å². The molecule has 0 bridgehead atoms. The summed E-state index contributed by atoms with van der Waals surface area (Å²) < 4.78 is 39.2. The van der Waals surface area contributed by atoms with Crippen molar-refractivity contribution in [3.63, 3.8) is 0 Å². The Balaban J connectivity index is 1.40. The quantitative estimate of drug-likeness (QED) is 0.712. The van der Waals surface area contributed by atoms with E-state index in [4.69, 9.17) is 9.47 Å². The van der Waals surface area contributed by atoms with E-state index in [9.17, 15) is 18.0 Å². The second-order valence-electron chi connectivity index (χ2n) is 8.25. The molecule has 0 spiro atoms. The summed E-state index contributed by atoms with van der Waals surface area (Å²) in [6, 6.07) is 10.5. The molecule has 0 radical (unpaired) electrons. The van der Waals surface area contributed by atoms with Crippen LogP contribution in [0.5, 0.6) is 11.5 Å². The van der Waals surface area contributed by atoms with Gasteiger partial charge in [-0.25, -0.2) is 8.42 Å². The van der Waals surface area contributed by atoms with Crippen molar-refractivity contribution in [1.29, 1.82) is 0 Å². The number of sulfonamides is 1. The number of rotatable bonds is 5. The lowest BCUT2D eigenvalue weighted by Crippen LogP contribution is -2.51. The summed E-state index contributed by atoms with van der Waals surface area (Å²) in [6.45, 7) is 6.06. The molecule has 0 aliphatic carbocycles. The number of nitrogens with zero attached hydrogens (tertiary/aromatic N) is 2. The molecule has 4 rings (SSSR count). The van der Waals surface area contributed by atoms with Crippen LogP contribution in [0.3, 0.4) is 0 Å². The minimum atomic E-state index is -3.79. The third-order valence-electron chi connectivity index (χ3n) is 5.77. The molecule has 2 aromatic rings. The molecule has 1 N–H and O–H groups in total. The molecule has 2 aliphatic heterocycles. The first kappa shape index (κ1) is 23.1. The lowest BCUT2D eigenvalue weighted by Gasteiger charge is -2.34. The maximum absolute atomic E-state index is 13.3. The summed E-state index contributed by atoms with van der Waals surface area (Å²) in [5.41, 5.74) is 2.01. The summed E-state index contributed by atoms with van der Waals surface area (Å²) in [5, 5.41) is 2.73. The van der Waals surface area contributed by atoms with Gasteiger partial charge >= 0.3 is 0 Å². The van der Waals surface area contributed by atoms with Gasteiger partial charge in [0.1, 0.15) is 11.5 Å². The van der Waals surface area contributed by atoms with Crippen molar-refractivity contribution >= 4 is 27.5 Å². The van der Waals surface area contributed by atoms with E-state index in [1.807, 2.05) is 25.1 Å². The average Bonchev–Trinajstić information content (AvgIpc) is 2.78. The molecule has 0 unspecified atom stereocenters. The molecule has 10 heteroatoms. The van der Waals surface area contributed by atoms with Crippen LogP contribution in [0.4, 0.5) is 5.69 Å². The van der Waals surface area contributed by atoms with E-state index in [-0.39, 0.29) is 49.5 Å². The molecule has 2 aromatic carbocycles. The van der Waals surface area contributed by atoms with Crippen LogP contribution in [-0.2, 0) is 19.6 Å². The Hall–Kier alpha value is -3.11. The summed E-state index contributed by atoms with van der Waals surface area (Å²) in [4.78, 5) is 26.1. The predicted molar refractivity (Wildman–Crippen MR) is 122 cm³/mol. The van der Waals surface area contributed by atoms with Crippen LogP contribution < -0.4 is 14.8 Å². The number of fused-ring (bicyclic) bond motifs is 1.